The average Bonchev–Trinajstić information content (AvgIpc) is 2.52. The van der Waals surface area contributed by atoms with Crippen LogP contribution in [0.2, 0.25) is 0 Å². The minimum atomic E-state index is -0.820. The highest BCUT2D eigenvalue weighted by atomic mass is 16.5. The maximum atomic E-state index is 11.6. The van der Waals surface area contributed by atoms with E-state index in [1.54, 1.807) is 30.6 Å². The molecule has 0 unspecified atom stereocenters. The minimum absolute atomic E-state index is 0.160. The van der Waals surface area contributed by atoms with Crippen LogP contribution >= 0.6 is 0 Å². The van der Waals surface area contributed by atoms with Crippen molar-refractivity contribution in [1.29, 1.82) is 0 Å². The fourth-order valence-electron chi connectivity index (χ4n) is 1.71. The third kappa shape index (κ3) is 3.95. The second kappa shape index (κ2) is 7.09. The van der Waals surface area contributed by atoms with Crippen LogP contribution in [-0.4, -0.2) is 12.4 Å². The van der Waals surface area contributed by atoms with E-state index in [1.807, 2.05) is 36.4 Å². The Morgan fingerprint density at radius 3 is 2.25 bits per heavy atom. The summed E-state index contributed by atoms with van der Waals surface area (Å²) in [4.78, 5) is 22.6. The molecule has 0 aliphatic heterocycles. The summed E-state index contributed by atoms with van der Waals surface area (Å²) in [6.07, 6.45) is 1.14. The van der Waals surface area contributed by atoms with E-state index in [-0.39, 0.29) is 6.61 Å². The summed E-state index contributed by atoms with van der Waals surface area (Å²) in [7, 11) is 0. The second-order valence-corrected chi connectivity index (χ2v) is 4.17. The first-order chi connectivity index (χ1) is 9.79. The van der Waals surface area contributed by atoms with Crippen molar-refractivity contribution in [3.8, 4) is 0 Å². The maximum absolute atomic E-state index is 11.6. The van der Waals surface area contributed by atoms with Gasteiger partial charge in [0.05, 0.1) is 0 Å². The molecule has 2 aromatic rings. The molecule has 101 valence electrons. The molecule has 0 aromatic heterocycles. The quantitative estimate of drug-likeness (QED) is 0.907. The van der Waals surface area contributed by atoms with Gasteiger partial charge >= 0.3 is 6.09 Å². The number of alkyl carbamates (subject to hydrolysis) is 1. The molecule has 1 N–H and O–H groups in total. The zero-order chi connectivity index (χ0) is 14.2. The average molecular weight is 268 g/mol. The Bertz CT molecular complexity index is 554. The topological polar surface area (TPSA) is 55.4 Å². The SMILES string of the molecule is O=[C][C@H](NC(=O)OCc1ccccc1)c1ccccc1. The summed E-state index contributed by atoms with van der Waals surface area (Å²) in [6.45, 7) is 0.160. The van der Waals surface area contributed by atoms with Crippen LogP contribution in [0.4, 0.5) is 4.79 Å². The third-order valence-corrected chi connectivity index (χ3v) is 2.73. The van der Waals surface area contributed by atoms with Crippen LogP contribution in [0.25, 0.3) is 0 Å². The van der Waals surface area contributed by atoms with E-state index < -0.39 is 12.1 Å². The van der Waals surface area contributed by atoms with Gasteiger partial charge in [-0.2, -0.15) is 0 Å². The molecular formula is C16H14NO3. The van der Waals surface area contributed by atoms with E-state index in [0.29, 0.717) is 5.56 Å². The number of hydrogen-bond donors (Lipinski definition) is 1. The largest absolute Gasteiger partial charge is 0.445 e. The van der Waals surface area contributed by atoms with Gasteiger partial charge in [-0.3, -0.25) is 4.79 Å². The first-order valence-corrected chi connectivity index (χ1v) is 6.19. The Balaban J connectivity index is 1.88. The zero-order valence-corrected chi connectivity index (χ0v) is 10.8. The van der Waals surface area contributed by atoms with Crippen LogP contribution in [0.5, 0.6) is 0 Å². The monoisotopic (exact) mass is 268 g/mol. The highest BCUT2D eigenvalue weighted by Gasteiger charge is 2.14. The fraction of sp³-hybridized carbons (Fsp3) is 0.125. The van der Waals surface area contributed by atoms with Gasteiger partial charge in [-0.05, 0) is 11.1 Å². The predicted molar refractivity (Wildman–Crippen MR) is 74.6 cm³/mol. The van der Waals surface area contributed by atoms with Crippen molar-refractivity contribution in [2.24, 2.45) is 0 Å². The molecule has 0 spiro atoms. The second-order valence-electron chi connectivity index (χ2n) is 4.17. The summed E-state index contributed by atoms with van der Waals surface area (Å²) in [5.41, 5.74) is 1.55. The number of ether oxygens (including phenoxy) is 1. The lowest BCUT2D eigenvalue weighted by Crippen LogP contribution is -2.29. The van der Waals surface area contributed by atoms with Crippen LogP contribution in [-0.2, 0) is 16.1 Å². The third-order valence-electron chi connectivity index (χ3n) is 2.73. The summed E-state index contributed by atoms with van der Waals surface area (Å²) in [6, 6.07) is 17.4. The van der Waals surface area contributed by atoms with Gasteiger partial charge in [0.15, 0.2) is 0 Å². The van der Waals surface area contributed by atoms with Gasteiger partial charge in [-0.25, -0.2) is 4.79 Å². The van der Waals surface area contributed by atoms with Crippen molar-refractivity contribution in [2.45, 2.75) is 12.6 Å². The molecular weight excluding hydrogens is 254 g/mol. The highest BCUT2D eigenvalue weighted by molar-refractivity contribution is 5.74. The molecule has 0 fully saturated rings. The number of rotatable bonds is 5. The van der Waals surface area contributed by atoms with Crippen molar-refractivity contribution in [3.63, 3.8) is 0 Å². The number of amides is 1. The first kappa shape index (κ1) is 13.8. The van der Waals surface area contributed by atoms with Gasteiger partial charge in [0, 0.05) is 0 Å². The van der Waals surface area contributed by atoms with E-state index in [9.17, 15) is 9.59 Å². The van der Waals surface area contributed by atoms with Crippen molar-refractivity contribution in [1.82, 2.24) is 5.32 Å². The van der Waals surface area contributed by atoms with E-state index in [4.69, 9.17) is 4.74 Å². The number of nitrogens with one attached hydrogen (secondary N) is 1. The van der Waals surface area contributed by atoms with Crippen molar-refractivity contribution in [3.05, 3.63) is 71.8 Å². The molecule has 0 aliphatic carbocycles. The number of carbonyl (C=O) groups is 1. The summed E-state index contributed by atoms with van der Waals surface area (Å²) < 4.78 is 5.05. The molecule has 0 saturated carbocycles. The molecule has 0 saturated heterocycles. The van der Waals surface area contributed by atoms with Crippen LogP contribution in [0.1, 0.15) is 17.2 Å². The number of benzene rings is 2. The molecule has 1 amide bonds. The van der Waals surface area contributed by atoms with E-state index in [0.717, 1.165) is 5.56 Å². The molecule has 1 radical (unpaired) electrons. The van der Waals surface area contributed by atoms with E-state index in [2.05, 4.69) is 5.32 Å². The van der Waals surface area contributed by atoms with Crippen LogP contribution < -0.4 is 5.32 Å². The Morgan fingerprint density at radius 2 is 1.65 bits per heavy atom. The molecule has 2 aromatic carbocycles. The lowest BCUT2D eigenvalue weighted by atomic mass is 10.1. The van der Waals surface area contributed by atoms with Gasteiger partial charge in [0.2, 0.25) is 6.29 Å². The molecule has 4 heteroatoms. The standard InChI is InChI=1S/C16H14NO3/c18-11-15(14-9-5-2-6-10-14)17-16(19)20-12-13-7-3-1-4-8-13/h1-10,15H,12H2,(H,17,19)/t15-/m0/s1. The van der Waals surface area contributed by atoms with Crippen molar-refractivity contribution in [2.75, 3.05) is 0 Å². The normalized spacial score (nSPS) is 11.4. The predicted octanol–water partition coefficient (Wildman–Crippen LogP) is 2.76. The van der Waals surface area contributed by atoms with E-state index in [1.165, 1.54) is 0 Å². The number of hydrogen-bond acceptors (Lipinski definition) is 3. The van der Waals surface area contributed by atoms with Gasteiger partial charge in [0.25, 0.3) is 0 Å². The molecule has 0 bridgehead atoms. The molecule has 0 heterocycles. The van der Waals surface area contributed by atoms with Gasteiger partial charge in [0.1, 0.15) is 12.6 Å². The van der Waals surface area contributed by atoms with Crippen LogP contribution in [0.3, 0.4) is 0 Å². The van der Waals surface area contributed by atoms with Crippen LogP contribution in [0.15, 0.2) is 60.7 Å². The molecule has 4 nitrogen and oxygen atoms in total. The molecule has 0 aliphatic rings. The molecule has 20 heavy (non-hydrogen) atoms. The Hall–Kier alpha value is -2.62. The Kier molecular flexibility index (Phi) is 4.89. The lowest BCUT2D eigenvalue weighted by molar-refractivity contribution is 0.138. The minimum Gasteiger partial charge on any atom is -0.445 e. The Labute approximate surface area is 117 Å². The lowest BCUT2D eigenvalue weighted by Gasteiger charge is -2.12. The number of carbonyl (C=O) groups excluding carboxylic acids is 2. The van der Waals surface area contributed by atoms with Crippen molar-refractivity contribution >= 4 is 12.4 Å². The van der Waals surface area contributed by atoms with Gasteiger partial charge in [-0.1, -0.05) is 60.7 Å². The Morgan fingerprint density at radius 1 is 1.05 bits per heavy atom. The van der Waals surface area contributed by atoms with Crippen molar-refractivity contribution < 1.29 is 14.3 Å². The van der Waals surface area contributed by atoms with E-state index >= 15 is 0 Å². The smallest absolute Gasteiger partial charge is 0.408 e. The zero-order valence-electron chi connectivity index (χ0n) is 10.8. The first-order valence-electron chi connectivity index (χ1n) is 6.19. The highest BCUT2D eigenvalue weighted by Crippen LogP contribution is 2.10. The van der Waals surface area contributed by atoms with Crippen LogP contribution in [0, 0.1) is 0 Å². The summed E-state index contributed by atoms with van der Waals surface area (Å²) >= 11 is 0. The maximum Gasteiger partial charge on any atom is 0.408 e. The fourth-order valence-corrected chi connectivity index (χ4v) is 1.71. The molecule has 2 rings (SSSR count). The molecule has 1 atom stereocenters. The van der Waals surface area contributed by atoms with Gasteiger partial charge in [-0.15, -0.1) is 0 Å². The summed E-state index contributed by atoms with van der Waals surface area (Å²) in [5, 5.41) is 2.47. The van der Waals surface area contributed by atoms with Gasteiger partial charge < -0.3 is 10.1 Å². The summed E-state index contributed by atoms with van der Waals surface area (Å²) in [5.74, 6) is 0.